The molecule has 2 aromatic rings. The van der Waals surface area contributed by atoms with Gasteiger partial charge in [-0.2, -0.15) is 0 Å². The zero-order valence-electron chi connectivity index (χ0n) is 13.0. The monoisotopic (exact) mass is 294 g/mol. The summed E-state index contributed by atoms with van der Waals surface area (Å²) < 4.78 is 0. The summed E-state index contributed by atoms with van der Waals surface area (Å²) in [6.45, 7) is 3.54. The Hall–Kier alpha value is -2.13. The smallest absolute Gasteiger partial charge is 0.254 e. The predicted octanol–water partition coefficient (Wildman–Crippen LogP) is 3.29. The molecule has 3 heteroatoms. The van der Waals surface area contributed by atoms with Crippen molar-refractivity contribution in [3.63, 3.8) is 0 Å². The van der Waals surface area contributed by atoms with E-state index in [2.05, 4.69) is 25.1 Å². The topological polar surface area (TPSA) is 46.3 Å². The molecule has 0 saturated carbocycles. The second-order valence-electron chi connectivity index (χ2n) is 5.89. The summed E-state index contributed by atoms with van der Waals surface area (Å²) in [5.74, 6) is 0.108. The van der Waals surface area contributed by atoms with E-state index in [0.29, 0.717) is 6.54 Å². The molecule has 114 valence electrons. The molecule has 1 aliphatic rings. The van der Waals surface area contributed by atoms with Crippen LogP contribution in [0.25, 0.3) is 0 Å². The molecule has 22 heavy (non-hydrogen) atoms. The fourth-order valence-electron chi connectivity index (χ4n) is 2.98. The van der Waals surface area contributed by atoms with Crippen LogP contribution in [0.15, 0.2) is 48.5 Å². The van der Waals surface area contributed by atoms with Gasteiger partial charge in [-0.15, -0.1) is 0 Å². The molecule has 1 aliphatic heterocycles. The van der Waals surface area contributed by atoms with Crippen LogP contribution in [-0.2, 0) is 13.0 Å². The quantitative estimate of drug-likeness (QED) is 0.944. The van der Waals surface area contributed by atoms with E-state index in [9.17, 15) is 4.79 Å². The van der Waals surface area contributed by atoms with Crippen molar-refractivity contribution in [3.8, 4) is 0 Å². The number of nitrogens with zero attached hydrogens (tertiary/aromatic N) is 1. The number of carbonyl (C=O) groups excluding carboxylic acids is 1. The molecule has 0 aliphatic carbocycles. The number of nitrogens with two attached hydrogens (primary N) is 1. The summed E-state index contributed by atoms with van der Waals surface area (Å²) in [5.41, 5.74) is 10.6. The van der Waals surface area contributed by atoms with Crippen molar-refractivity contribution >= 4 is 5.91 Å². The molecule has 2 N–H and O–H groups in total. The van der Waals surface area contributed by atoms with Gasteiger partial charge in [0.05, 0.1) is 0 Å². The van der Waals surface area contributed by atoms with E-state index >= 15 is 0 Å². The van der Waals surface area contributed by atoms with E-state index in [1.807, 2.05) is 35.2 Å². The second-order valence-corrected chi connectivity index (χ2v) is 5.89. The van der Waals surface area contributed by atoms with Gasteiger partial charge in [-0.25, -0.2) is 0 Å². The number of rotatable bonds is 3. The van der Waals surface area contributed by atoms with Crippen molar-refractivity contribution in [2.45, 2.75) is 32.4 Å². The average molecular weight is 294 g/mol. The van der Waals surface area contributed by atoms with Crippen LogP contribution < -0.4 is 5.73 Å². The largest absolute Gasteiger partial charge is 0.334 e. The first-order chi connectivity index (χ1) is 10.7. The maximum Gasteiger partial charge on any atom is 0.254 e. The normalized spacial score (nSPS) is 15.3. The Bertz CT molecular complexity index is 666. The number of fused-ring (bicyclic) bond motifs is 1. The van der Waals surface area contributed by atoms with Crippen molar-refractivity contribution in [1.29, 1.82) is 0 Å². The highest BCUT2D eigenvalue weighted by molar-refractivity contribution is 5.94. The summed E-state index contributed by atoms with van der Waals surface area (Å²) in [6, 6.07) is 16.0. The second kappa shape index (κ2) is 6.32. The number of benzene rings is 2. The Morgan fingerprint density at radius 3 is 2.68 bits per heavy atom. The Kier molecular flexibility index (Phi) is 4.25. The van der Waals surface area contributed by atoms with Crippen LogP contribution in [0.2, 0.25) is 0 Å². The number of hydrogen-bond donors (Lipinski definition) is 1. The average Bonchev–Trinajstić information content (AvgIpc) is 2.60. The van der Waals surface area contributed by atoms with Crippen LogP contribution in [0.5, 0.6) is 0 Å². The lowest BCUT2D eigenvalue weighted by atomic mass is 9.94. The minimum absolute atomic E-state index is 0.0745. The van der Waals surface area contributed by atoms with E-state index in [4.69, 9.17) is 5.73 Å². The molecule has 1 atom stereocenters. The van der Waals surface area contributed by atoms with Gasteiger partial charge in [0.15, 0.2) is 0 Å². The fraction of sp³-hybridized carbons (Fsp3) is 0.316. The van der Waals surface area contributed by atoms with E-state index in [1.54, 1.807) is 0 Å². The predicted molar refractivity (Wildman–Crippen MR) is 88.5 cm³/mol. The van der Waals surface area contributed by atoms with Crippen LogP contribution in [0.4, 0.5) is 0 Å². The minimum atomic E-state index is 0.0745. The first-order valence-corrected chi connectivity index (χ1v) is 7.90. The molecule has 1 heterocycles. The molecule has 0 saturated heterocycles. The van der Waals surface area contributed by atoms with E-state index in [1.165, 1.54) is 11.1 Å². The third kappa shape index (κ3) is 2.90. The maximum atomic E-state index is 12.6. The van der Waals surface area contributed by atoms with E-state index < -0.39 is 0 Å². The van der Waals surface area contributed by atoms with Crippen LogP contribution >= 0.6 is 0 Å². The highest BCUT2D eigenvalue weighted by Gasteiger charge is 2.22. The SMILES string of the molecule is CCC(N)c1ccc2c(c1)CN(C(=O)c1ccccc1)CC2. The van der Waals surface area contributed by atoms with Crippen LogP contribution in [0, 0.1) is 0 Å². The molecule has 0 aromatic heterocycles. The first-order valence-electron chi connectivity index (χ1n) is 7.90. The van der Waals surface area contributed by atoms with Gasteiger partial charge in [0.2, 0.25) is 0 Å². The highest BCUT2D eigenvalue weighted by Crippen LogP contribution is 2.24. The van der Waals surface area contributed by atoms with Crippen molar-refractivity contribution < 1.29 is 4.79 Å². The van der Waals surface area contributed by atoms with E-state index in [-0.39, 0.29) is 11.9 Å². The van der Waals surface area contributed by atoms with Crippen molar-refractivity contribution in [2.24, 2.45) is 5.73 Å². The van der Waals surface area contributed by atoms with Crippen LogP contribution in [0.3, 0.4) is 0 Å². The lowest BCUT2D eigenvalue weighted by Crippen LogP contribution is -2.36. The zero-order valence-corrected chi connectivity index (χ0v) is 13.0. The van der Waals surface area contributed by atoms with Crippen LogP contribution in [-0.4, -0.2) is 17.4 Å². The molecular formula is C19H22N2O. The molecule has 1 amide bonds. The molecule has 0 spiro atoms. The van der Waals surface area contributed by atoms with Crippen molar-refractivity contribution in [1.82, 2.24) is 4.90 Å². The summed E-state index contributed by atoms with van der Waals surface area (Å²) in [4.78, 5) is 14.5. The zero-order chi connectivity index (χ0) is 15.5. The number of carbonyl (C=O) groups is 1. The van der Waals surface area contributed by atoms with Crippen molar-refractivity contribution in [3.05, 3.63) is 70.8 Å². The third-order valence-electron chi connectivity index (χ3n) is 4.42. The first kappa shape index (κ1) is 14.8. The Labute approximate surface area is 131 Å². The Morgan fingerprint density at radius 2 is 1.95 bits per heavy atom. The molecule has 1 unspecified atom stereocenters. The fourth-order valence-corrected chi connectivity index (χ4v) is 2.98. The maximum absolute atomic E-state index is 12.6. The lowest BCUT2D eigenvalue weighted by molar-refractivity contribution is 0.0734. The van der Waals surface area contributed by atoms with Gasteiger partial charge in [0.1, 0.15) is 0 Å². The highest BCUT2D eigenvalue weighted by atomic mass is 16.2. The number of amides is 1. The van der Waals surface area contributed by atoms with Gasteiger partial charge < -0.3 is 10.6 Å². The van der Waals surface area contributed by atoms with Crippen LogP contribution in [0.1, 0.15) is 46.4 Å². The molecule has 0 bridgehead atoms. The summed E-state index contributed by atoms with van der Waals surface area (Å²) in [7, 11) is 0. The molecule has 0 radical (unpaired) electrons. The molecular weight excluding hydrogens is 272 g/mol. The summed E-state index contributed by atoms with van der Waals surface area (Å²) in [6.07, 6.45) is 1.83. The minimum Gasteiger partial charge on any atom is -0.334 e. The van der Waals surface area contributed by atoms with Gasteiger partial charge in [-0.1, -0.05) is 43.3 Å². The van der Waals surface area contributed by atoms with Gasteiger partial charge in [-0.3, -0.25) is 4.79 Å². The van der Waals surface area contributed by atoms with Gasteiger partial charge in [0.25, 0.3) is 5.91 Å². The third-order valence-corrected chi connectivity index (χ3v) is 4.42. The standard InChI is InChI=1S/C19H22N2O/c1-2-18(20)16-9-8-14-10-11-21(13-17(14)12-16)19(22)15-6-4-3-5-7-15/h3-9,12,18H,2,10-11,13,20H2,1H3. The number of hydrogen-bond acceptors (Lipinski definition) is 2. The summed E-state index contributed by atoms with van der Waals surface area (Å²) >= 11 is 0. The molecule has 2 aromatic carbocycles. The lowest BCUT2D eigenvalue weighted by Gasteiger charge is -2.29. The van der Waals surface area contributed by atoms with Gasteiger partial charge >= 0.3 is 0 Å². The molecule has 3 rings (SSSR count). The van der Waals surface area contributed by atoms with Crippen molar-refractivity contribution in [2.75, 3.05) is 6.54 Å². The Morgan fingerprint density at radius 1 is 1.18 bits per heavy atom. The van der Waals surface area contributed by atoms with E-state index in [0.717, 1.165) is 30.5 Å². The van der Waals surface area contributed by atoms with Gasteiger partial charge in [-0.05, 0) is 41.7 Å². The van der Waals surface area contributed by atoms with Gasteiger partial charge in [0, 0.05) is 24.7 Å². The molecule has 0 fully saturated rings. The Balaban J connectivity index is 1.82. The molecule has 3 nitrogen and oxygen atoms in total. The summed E-state index contributed by atoms with van der Waals surface area (Å²) in [5, 5.41) is 0.